The Balaban J connectivity index is 0.00000300. The molecule has 3 atom stereocenters. The molecule has 0 spiro atoms. The number of benzene rings is 1. The molecule has 1 aromatic rings. The van der Waals surface area contributed by atoms with E-state index in [1.54, 1.807) is 0 Å². The number of likely N-dealkylation sites (tertiary alicyclic amines) is 2. The number of piperidine rings is 2. The number of halogens is 1. The molecular formula is C23H40IN5. The van der Waals surface area contributed by atoms with E-state index in [4.69, 9.17) is 0 Å². The van der Waals surface area contributed by atoms with Crippen molar-refractivity contribution in [2.75, 3.05) is 39.8 Å². The molecular weight excluding hydrogens is 473 g/mol. The first-order valence-electron chi connectivity index (χ1n) is 11.1. The third kappa shape index (κ3) is 8.06. The largest absolute Gasteiger partial charge is 0.355 e. The van der Waals surface area contributed by atoms with E-state index in [1.165, 1.54) is 37.9 Å². The number of hydrogen-bond acceptors (Lipinski definition) is 3. The lowest BCUT2D eigenvalue weighted by molar-refractivity contribution is 0.134. The summed E-state index contributed by atoms with van der Waals surface area (Å²) in [6.45, 7) is 11.5. The van der Waals surface area contributed by atoms with Crippen LogP contribution in [0.2, 0.25) is 0 Å². The predicted octanol–water partition coefficient (Wildman–Crippen LogP) is 3.55. The Morgan fingerprint density at radius 1 is 1.14 bits per heavy atom. The fourth-order valence-electron chi connectivity index (χ4n) is 4.61. The van der Waals surface area contributed by atoms with Crippen LogP contribution in [0.1, 0.15) is 45.1 Å². The van der Waals surface area contributed by atoms with Gasteiger partial charge in [-0.2, -0.15) is 0 Å². The molecule has 2 heterocycles. The molecule has 0 radical (unpaired) electrons. The average molecular weight is 514 g/mol. The third-order valence-electron chi connectivity index (χ3n) is 6.27. The van der Waals surface area contributed by atoms with Gasteiger partial charge in [-0.1, -0.05) is 37.3 Å². The zero-order valence-corrected chi connectivity index (χ0v) is 20.8. The normalized spacial score (nSPS) is 26.6. The summed E-state index contributed by atoms with van der Waals surface area (Å²) in [5.74, 6) is 1.80. The van der Waals surface area contributed by atoms with E-state index in [9.17, 15) is 0 Å². The van der Waals surface area contributed by atoms with E-state index in [1.807, 2.05) is 7.05 Å². The Morgan fingerprint density at radius 2 is 1.93 bits per heavy atom. The first kappa shape index (κ1) is 24.4. The first-order valence-corrected chi connectivity index (χ1v) is 11.1. The van der Waals surface area contributed by atoms with Crippen LogP contribution in [0.25, 0.3) is 0 Å². The highest BCUT2D eigenvalue weighted by Crippen LogP contribution is 2.20. The Hall–Kier alpha value is -0.860. The molecule has 0 saturated carbocycles. The van der Waals surface area contributed by atoms with Crippen molar-refractivity contribution in [1.29, 1.82) is 0 Å². The lowest BCUT2D eigenvalue weighted by Gasteiger charge is -2.38. The van der Waals surface area contributed by atoms with E-state index < -0.39 is 0 Å². The standard InChI is InChI=1S/C23H39N5.HI/c1-19-8-7-13-27(17-19)15-12-25-23(24-3)26-22-11-14-28(20(2)16-22)18-21-9-5-4-6-10-21;/h4-6,9-10,19-20,22H,7-8,11-18H2,1-3H3,(H2,24,25,26);1H. The van der Waals surface area contributed by atoms with Crippen LogP contribution >= 0.6 is 24.0 Å². The Bertz CT molecular complexity index is 609. The van der Waals surface area contributed by atoms with Crippen LogP contribution in [0.15, 0.2) is 35.3 Å². The molecule has 2 aliphatic rings. The third-order valence-corrected chi connectivity index (χ3v) is 6.27. The molecule has 0 amide bonds. The topological polar surface area (TPSA) is 42.9 Å². The zero-order valence-electron chi connectivity index (χ0n) is 18.4. The zero-order chi connectivity index (χ0) is 19.8. The number of guanidine groups is 1. The van der Waals surface area contributed by atoms with Crippen LogP contribution in [0.3, 0.4) is 0 Å². The van der Waals surface area contributed by atoms with Gasteiger partial charge < -0.3 is 15.5 Å². The molecule has 6 heteroatoms. The van der Waals surface area contributed by atoms with Crippen LogP contribution in [0.4, 0.5) is 0 Å². The molecule has 5 nitrogen and oxygen atoms in total. The first-order chi connectivity index (χ1) is 13.6. The molecule has 164 valence electrons. The van der Waals surface area contributed by atoms with Crippen molar-refractivity contribution in [2.45, 2.75) is 58.2 Å². The van der Waals surface area contributed by atoms with Crippen molar-refractivity contribution >= 4 is 29.9 Å². The highest BCUT2D eigenvalue weighted by Gasteiger charge is 2.26. The van der Waals surface area contributed by atoms with Crippen molar-refractivity contribution in [3.05, 3.63) is 35.9 Å². The van der Waals surface area contributed by atoms with Crippen molar-refractivity contribution in [2.24, 2.45) is 10.9 Å². The predicted molar refractivity (Wildman–Crippen MR) is 134 cm³/mol. The van der Waals surface area contributed by atoms with Gasteiger partial charge in [-0.05, 0) is 50.6 Å². The molecule has 0 bridgehead atoms. The van der Waals surface area contributed by atoms with Gasteiger partial charge in [-0.25, -0.2) is 0 Å². The molecule has 3 unspecified atom stereocenters. The lowest BCUT2D eigenvalue weighted by Crippen LogP contribution is -2.52. The van der Waals surface area contributed by atoms with E-state index in [0.717, 1.165) is 44.5 Å². The van der Waals surface area contributed by atoms with Gasteiger partial charge in [0.25, 0.3) is 0 Å². The molecule has 0 aromatic heterocycles. The summed E-state index contributed by atoms with van der Waals surface area (Å²) in [7, 11) is 1.88. The highest BCUT2D eigenvalue weighted by atomic mass is 127. The second kappa shape index (κ2) is 12.7. The van der Waals surface area contributed by atoms with Crippen LogP contribution in [-0.4, -0.2) is 67.6 Å². The second-order valence-corrected chi connectivity index (χ2v) is 8.72. The summed E-state index contributed by atoms with van der Waals surface area (Å²) in [5, 5.41) is 7.19. The maximum absolute atomic E-state index is 4.45. The molecule has 3 rings (SSSR count). The fourth-order valence-corrected chi connectivity index (χ4v) is 4.61. The van der Waals surface area contributed by atoms with Gasteiger partial charge in [0.15, 0.2) is 5.96 Å². The van der Waals surface area contributed by atoms with Crippen molar-refractivity contribution < 1.29 is 0 Å². The maximum atomic E-state index is 4.45. The number of hydrogen-bond donors (Lipinski definition) is 2. The summed E-state index contributed by atoms with van der Waals surface area (Å²) in [4.78, 5) is 9.63. The van der Waals surface area contributed by atoms with E-state index >= 15 is 0 Å². The second-order valence-electron chi connectivity index (χ2n) is 8.72. The quantitative estimate of drug-likeness (QED) is 0.347. The van der Waals surface area contributed by atoms with Crippen LogP contribution in [-0.2, 0) is 6.54 Å². The molecule has 2 aliphatic heterocycles. The molecule has 2 saturated heterocycles. The Morgan fingerprint density at radius 3 is 2.62 bits per heavy atom. The van der Waals surface area contributed by atoms with Crippen molar-refractivity contribution in [3.8, 4) is 0 Å². The molecule has 0 aliphatic carbocycles. The molecule has 2 fully saturated rings. The van der Waals surface area contributed by atoms with Crippen molar-refractivity contribution in [3.63, 3.8) is 0 Å². The van der Waals surface area contributed by atoms with E-state index in [0.29, 0.717) is 12.1 Å². The fraction of sp³-hybridized carbons (Fsp3) is 0.696. The Labute approximate surface area is 194 Å². The molecule has 1 aromatic carbocycles. The minimum absolute atomic E-state index is 0. The smallest absolute Gasteiger partial charge is 0.191 e. The summed E-state index contributed by atoms with van der Waals surface area (Å²) < 4.78 is 0. The van der Waals surface area contributed by atoms with Crippen LogP contribution < -0.4 is 10.6 Å². The number of nitrogens with one attached hydrogen (secondary N) is 2. The van der Waals surface area contributed by atoms with Gasteiger partial charge in [-0.3, -0.25) is 9.89 Å². The van der Waals surface area contributed by atoms with Crippen LogP contribution in [0.5, 0.6) is 0 Å². The van der Waals surface area contributed by atoms with Gasteiger partial charge in [0.05, 0.1) is 0 Å². The number of nitrogens with zero attached hydrogens (tertiary/aromatic N) is 3. The molecule has 2 N–H and O–H groups in total. The summed E-state index contributed by atoms with van der Waals surface area (Å²) in [5.41, 5.74) is 1.41. The Kier molecular flexibility index (Phi) is 10.7. The monoisotopic (exact) mass is 513 g/mol. The lowest BCUT2D eigenvalue weighted by atomic mass is 9.97. The van der Waals surface area contributed by atoms with Gasteiger partial charge in [0, 0.05) is 51.9 Å². The minimum Gasteiger partial charge on any atom is -0.355 e. The van der Waals surface area contributed by atoms with E-state index in [2.05, 4.69) is 69.6 Å². The van der Waals surface area contributed by atoms with Gasteiger partial charge in [0.2, 0.25) is 0 Å². The van der Waals surface area contributed by atoms with Gasteiger partial charge in [-0.15, -0.1) is 24.0 Å². The summed E-state index contributed by atoms with van der Waals surface area (Å²) >= 11 is 0. The molecule has 29 heavy (non-hydrogen) atoms. The highest BCUT2D eigenvalue weighted by molar-refractivity contribution is 14.0. The number of rotatable bonds is 6. The van der Waals surface area contributed by atoms with Gasteiger partial charge >= 0.3 is 0 Å². The summed E-state index contributed by atoms with van der Waals surface area (Å²) in [6.07, 6.45) is 5.06. The van der Waals surface area contributed by atoms with Gasteiger partial charge in [0.1, 0.15) is 0 Å². The minimum atomic E-state index is 0. The average Bonchev–Trinajstić information content (AvgIpc) is 2.70. The SMILES string of the molecule is CN=C(NCCN1CCCC(C)C1)NC1CCN(Cc2ccccc2)C(C)C1.I. The number of aliphatic imine (C=N–C) groups is 1. The van der Waals surface area contributed by atoms with Crippen LogP contribution in [0, 0.1) is 5.92 Å². The maximum Gasteiger partial charge on any atom is 0.191 e. The van der Waals surface area contributed by atoms with E-state index in [-0.39, 0.29) is 24.0 Å². The summed E-state index contributed by atoms with van der Waals surface area (Å²) in [6, 6.07) is 11.9. The van der Waals surface area contributed by atoms with Crippen molar-refractivity contribution in [1.82, 2.24) is 20.4 Å².